The topological polar surface area (TPSA) is 74.0 Å². The van der Waals surface area contributed by atoms with Gasteiger partial charge in [0.05, 0.1) is 13.2 Å². The van der Waals surface area contributed by atoms with E-state index in [-0.39, 0.29) is 18.4 Å². The van der Waals surface area contributed by atoms with Crippen LogP contribution < -0.4 is 4.74 Å². The van der Waals surface area contributed by atoms with Crippen molar-refractivity contribution in [2.75, 3.05) is 27.6 Å². The van der Waals surface area contributed by atoms with Crippen molar-refractivity contribution in [1.29, 1.82) is 0 Å². The lowest BCUT2D eigenvalue weighted by molar-refractivity contribution is -0.0776. The molecule has 0 aromatic carbocycles. The number of aromatic nitrogens is 1. The molecule has 0 aliphatic rings. The van der Waals surface area contributed by atoms with Crippen LogP contribution in [0.5, 0.6) is 5.88 Å². The molecule has 1 aromatic rings. The summed E-state index contributed by atoms with van der Waals surface area (Å²) in [6, 6.07) is 2.47. The molecule has 114 valence electrons. The number of amides is 1. The quantitative estimate of drug-likeness (QED) is 0.316. The average molecular weight is 302 g/mol. The van der Waals surface area contributed by atoms with Crippen LogP contribution in [0.4, 0.5) is 0 Å². The van der Waals surface area contributed by atoms with E-state index < -0.39 is 14.0 Å². The minimum Gasteiger partial charge on any atom is -0.448 e. The van der Waals surface area contributed by atoms with Crippen molar-refractivity contribution in [2.24, 2.45) is 0 Å². The number of hydrogen-bond donors (Lipinski definition) is 0. The Hall–Kier alpha value is -1.38. The Labute approximate surface area is 119 Å². The van der Waals surface area contributed by atoms with E-state index in [1.54, 1.807) is 0 Å². The normalized spacial score (nSPS) is 11.4. The Morgan fingerprint density at radius 1 is 1.45 bits per heavy atom. The molecule has 1 rings (SSSR count). The van der Waals surface area contributed by atoms with E-state index in [1.807, 2.05) is 0 Å². The van der Waals surface area contributed by atoms with Gasteiger partial charge in [-0.1, -0.05) is 19.6 Å². The molecule has 8 heteroatoms. The summed E-state index contributed by atoms with van der Waals surface area (Å²) in [6.45, 7) is 7.58. The third kappa shape index (κ3) is 5.72. The van der Waals surface area contributed by atoms with Gasteiger partial charge < -0.3 is 14.0 Å². The lowest BCUT2D eigenvalue weighted by Gasteiger charge is -2.15. The summed E-state index contributed by atoms with van der Waals surface area (Å²) >= 11 is 0. The van der Waals surface area contributed by atoms with Gasteiger partial charge in [-0.2, -0.15) is 0 Å². The van der Waals surface area contributed by atoms with E-state index in [0.29, 0.717) is 6.61 Å². The Bertz CT molecular complexity index is 430. The Morgan fingerprint density at radius 2 is 2.15 bits per heavy atom. The van der Waals surface area contributed by atoms with Crippen molar-refractivity contribution in [3.05, 3.63) is 11.8 Å². The molecule has 1 aromatic heterocycles. The number of ether oxygens (including phenoxy) is 2. The first-order chi connectivity index (χ1) is 9.33. The molecular formula is C12H22N2O5Si. The van der Waals surface area contributed by atoms with Crippen LogP contribution in [-0.2, 0) is 9.57 Å². The van der Waals surface area contributed by atoms with E-state index in [4.69, 9.17) is 18.8 Å². The standard InChI is InChI=1S/C12H22N2O5Si/c1-14(16-2)12(15)10-8-11(13-19-10)18-9-17-6-7-20(3,4)5/h8H,6-7,9H2,1-5H3. The second-order valence-corrected chi connectivity index (χ2v) is 11.1. The average Bonchev–Trinajstić information content (AvgIpc) is 2.84. The van der Waals surface area contributed by atoms with Gasteiger partial charge >= 0.3 is 5.91 Å². The van der Waals surface area contributed by atoms with Crippen molar-refractivity contribution < 1.29 is 23.6 Å². The van der Waals surface area contributed by atoms with Gasteiger partial charge in [-0.3, -0.25) is 9.63 Å². The summed E-state index contributed by atoms with van der Waals surface area (Å²) in [4.78, 5) is 16.4. The van der Waals surface area contributed by atoms with Crippen LogP contribution in [-0.4, -0.2) is 51.8 Å². The zero-order valence-corrected chi connectivity index (χ0v) is 13.6. The molecule has 7 nitrogen and oxygen atoms in total. The smallest absolute Gasteiger partial charge is 0.315 e. The second kappa shape index (κ2) is 7.41. The fourth-order valence-electron chi connectivity index (χ4n) is 1.21. The first-order valence-corrected chi connectivity index (χ1v) is 10.0. The van der Waals surface area contributed by atoms with Crippen molar-refractivity contribution in [2.45, 2.75) is 25.7 Å². The van der Waals surface area contributed by atoms with E-state index in [0.717, 1.165) is 11.1 Å². The third-order valence-electron chi connectivity index (χ3n) is 2.55. The maximum absolute atomic E-state index is 11.7. The molecule has 0 radical (unpaired) electrons. The highest BCUT2D eigenvalue weighted by Crippen LogP contribution is 2.13. The Morgan fingerprint density at radius 3 is 2.75 bits per heavy atom. The van der Waals surface area contributed by atoms with Crippen LogP contribution in [0.1, 0.15) is 10.6 Å². The lowest BCUT2D eigenvalue weighted by atomic mass is 10.4. The highest BCUT2D eigenvalue weighted by atomic mass is 28.3. The number of hydrogen-bond acceptors (Lipinski definition) is 6. The van der Waals surface area contributed by atoms with Crippen LogP contribution in [0.3, 0.4) is 0 Å². The van der Waals surface area contributed by atoms with Crippen LogP contribution in [0.2, 0.25) is 25.7 Å². The molecule has 0 N–H and O–H groups in total. The number of carbonyl (C=O) groups is 1. The molecule has 0 fully saturated rings. The van der Waals surface area contributed by atoms with Gasteiger partial charge in [0, 0.05) is 21.7 Å². The Kier molecular flexibility index (Phi) is 6.18. The van der Waals surface area contributed by atoms with Crippen LogP contribution in [0.15, 0.2) is 10.6 Å². The van der Waals surface area contributed by atoms with Crippen molar-refractivity contribution in [1.82, 2.24) is 10.2 Å². The van der Waals surface area contributed by atoms with Gasteiger partial charge in [0.1, 0.15) is 0 Å². The first kappa shape index (κ1) is 16.7. The van der Waals surface area contributed by atoms with E-state index in [1.165, 1.54) is 20.2 Å². The summed E-state index contributed by atoms with van der Waals surface area (Å²) < 4.78 is 15.5. The molecule has 0 spiro atoms. The molecule has 1 amide bonds. The maximum atomic E-state index is 11.7. The highest BCUT2D eigenvalue weighted by Gasteiger charge is 2.18. The molecule has 0 aliphatic carbocycles. The SMILES string of the molecule is CON(C)C(=O)c1cc(OCOCC[Si](C)(C)C)no1. The van der Waals surface area contributed by atoms with Gasteiger partial charge in [0.15, 0.2) is 6.79 Å². The molecule has 1 heterocycles. The van der Waals surface area contributed by atoms with Gasteiger partial charge in [0.25, 0.3) is 5.88 Å². The lowest BCUT2D eigenvalue weighted by Crippen LogP contribution is -2.24. The Balaban J connectivity index is 2.32. The number of carbonyl (C=O) groups excluding carboxylic acids is 1. The summed E-state index contributed by atoms with van der Waals surface area (Å²) in [5, 5.41) is 4.67. The fourth-order valence-corrected chi connectivity index (χ4v) is 1.96. The second-order valence-electron chi connectivity index (χ2n) is 5.50. The van der Waals surface area contributed by atoms with Crippen LogP contribution in [0.25, 0.3) is 0 Å². The van der Waals surface area contributed by atoms with Gasteiger partial charge in [0.2, 0.25) is 5.76 Å². The zero-order valence-electron chi connectivity index (χ0n) is 12.6. The number of nitrogens with zero attached hydrogens (tertiary/aromatic N) is 2. The van der Waals surface area contributed by atoms with Gasteiger partial charge in [-0.25, -0.2) is 5.06 Å². The molecule has 0 atom stereocenters. The van der Waals surface area contributed by atoms with Crippen molar-refractivity contribution in [3.63, 3.8) is 0 Å². The molecule has 0 bridgehead atoms. The minimum absolute atomic E-state index is 0.0476. The predicted octanol–water partition coefficient (Wildman–Crippen LogP) is 2.00. The molecule has 0 unspecified atom stereocenters. The minimum atomic E-state index is -1.09. The first-order valence-electron chi connectivity index (χ1n) is 6.33. The van der Waals surface area contributed by atoms with Gasteiger partial charge in [-0.15, -0.1) is 0 Å². The van der Waals surface area contributed by atoms with E-state index in [9.17, 15) is 4.79 Å². The summed E-state index contributed by atoms with van der Waals surface area (Å²) in [5.41, 5.74) is 0. The monoisotopic (exact) mass is 302 g/mol. The highest BCUT2D eigenvalue weighted by molar-refractivity contribution is 6.76. The predicted molar refractivity (Wildman–Crippen MR) is 75.2 cm³/mol. The van der Waals surface area contributed by atoms with Crippen molar-refractivity contribution in [3.8, 4) is 5.88 Å². The molecular weight excluding hydrogens is 280 g/mol. The van der Waals surface area contributed by atoms with Crippen LogP contribution in [0, 0.1) is 0 Å². The molecule has 0 saturated carbocycles. The fraction of sp³-hybridized carbons (Fsp3) is 0.667. The summed E-state index contributed by atoms with van der Waals surface area (Å²) in [7, 11) is 1.77. The maximum Gasteiger partial charge on any atom is 0.315 e. The van der Waals surface area contributed by atoms with Crippen molar-refractivity contribution >= 4 is 14.0 Å². The molecule has 0 saturated heterocycles. The largest absolute Gasteiger partial charge is 0.448 e. The van der Waals surface area contributed by atoms with Crippen LogP contribution >= 0.6 is 0 Å². The van der Waals surface area contributed by atoms with Gasteiger partial charge in [-0.05, 0) is 11.2 Å². The number of hydroxylamine groups is 2. The molecule has 20 heavy (non-hydrogen) atoms. The zero-order chi connectivity index (χ0) is 15.2. The van der Waals surface area contributed by atoms with E-state index >= 15 is 0 Å². The molecule has 0 aliphatic heterocycles. The summed E-state index contributed by atoms with van der Waals surface area (Å²) in [6.07, 6.45) is 0. The number of rotatable bonds is 8. The summed E-state index contributed by atoms with van der Waals surface area (Å²) in [5.74, 6) is -0.174. The van der Waals surface area contributed by atoms with E-state index in [2.05, 4.69) is 24.8 Å². The third-order valence-corrected chi connectivity index (χ3v) is 4.25.